The number of hydrogen-bond donors (Lipinski definition) is 1. The Morgan fingerprint density at radius 1 is 1.45 bits per heavy atom. The Labute approximate surface area is 139 Å². The first-order valence-corrected chi connectivity index (χ1v) is 8.21. The number of esters is 1. The third-order valence-electron chi connectivity index (χ3n) is 2.92. The monoisotopic (exact) mass is 344 g/mol. The summed E-state index contributed by atoms with van der Waals surface area (Å²) in [6.07, 6.45) is 3.48. The number of halogens is 1. The molecule has 1 N–H and O–H groups in total. The van der Waals surface area contributed by atoms with E-state index >= 15 is 0 Å². The van der Waals surface area contributed by atoms with Crippen LogP contribution in [0.1, 0.15) is 24.1 Å². The number of nitrogens with zero attached hydrogens (tertiary/aromatic N) is 1. The van der Waals surface area contributed by atoms with Crippen LogP contribution in [0.25, 0.3) is 0 Å². The van der Waals surface area contributed by atoms with Crippen molar-refractivity contribution in [1.82, 2.24) is 10.2 Å². The first kappa shape index (κ1) is 18.5. The summed E-state index contributed by atoms with van der Waals surface area (Å²) in [6.45, 7) is 5.15. The molecule has 0 aromatic carbocycles. The minimum Gasteiger partial charge on any atom is -0.469 e. The molecular formula is C15H21ClN2O3S. The molecule has 7 heteroatoms. The van der Waals surface area contributed by atoms with Gasteiger partial charge in [-0.25, -0.2) is 4.79 Å². The topological polar surface area (TPSA) is 58.6 Å². The molecule has 1 aromatic rings. The average molecular weight is 345 g/mol. The summed E-state index contributed by atoms with van der Waals surface area (Å²) in [5.74, 6) is -0.228. The lowest BCUT2D eigenvalue weighted by atomic mass is 10.2. The number of amides is 2. The normalized spacial score (nSPS) is 10.1. The van der Waals surface area contributed by atoms with Gasteiger partial charge in [0.25, 0.3) is 0 Å². The van der Waals surface area contributed by atoms with Gasteiger partial charge in [0.1, 0.15) is 0 Å². The highest BCUT2D eigenvalue weighted by Gasteiger charge is 2.13. The van der Waals surface area contributed by atoms with Crippen molar-refractivity contribution in [2.45, 2.75) is 25.8 Å². The number of nitrogens with one attached hydrogen (secondary N) is 1. The second-order valence-electron chi connectivity index (χ2n) is 4.64. The van der Waals surface area contributed by atoms with E-state index in [9.17, 15) is 9.59 Å². The summed E-state index contributed by atoms with van der Waals surface area (Å²) in [5.41, 5.74) is 0. The highest BCUT2D eigenvalue weighted by Crippen LogP contribution is 2.22. The Kier molecular flexibility index (Phi) is 8.62. The van der Waals surface area contributed by atoms with Crippen LogP contribution in [0.4, 0.5) is 4.79 Å². The predicted molar refractivity (Wildman–Crippen MR) is 89.2 cm³/mol. The van der Waals surface area contributed by atoms with E-state index in [2.05, 4.69) is 16.6 Å². The van der Waals surface area contributed by atoms with E-state index in [1.54, 1.807) is 11.0 Å². The van der Waals surface area contributed by atoms with Crippen molar-refractivity contribution in [3.05, 3.63) is 34.0 Å². The van der Waals surface area contributed by atoms with Crippen LogP contribution in [0, 0.1) is 0 Å². The molecule has 0 spiro atoms. The third kappa shape index (κ3) is 6.95. The second-order valence-corrected chi connectivity index (χ2v) is 6.44. The molecule has 5 nitrogen and oxygen atoms in total. The molecule has 0 aliphatic heterocycles. The standard InChI is InChI=1S/C15H21ClN2O3S/c1-3-10-18(11-12-7-8-13(16)22-12)15(20)17-9-5-4-6-14(19)21-2/h3,7-8H,1,4-6,9-11H2,2H3,(H,17,20). The molecule has 0 fully saturated rings. The summed E-state index contributed by atoms with van der Waals surface area (Å²) in [5, 5.41) is 2.85. The van der Waals surface area contributed by atoms with Crippen molar-refractivity contribution < 1.29 is 14.3 Å². The van der Waals surface area contributed by atoms with Gasteiger partial charge in [0.15, 0.2) is 0 Å². The van der Waals surface area contributed by atoms with Gasteiger partial charge >= 0.3 is 12.0 Å². The van der Waals surface area contributed by atoms with Crippen molar-refractivity contribution in [2.75, 3.05) is 20.2 Å². The number of ether oxygens (including phenoxy) is 1. The van der Waals surface area contributed by atoms with Gasteiger partial charge < -0.3 is 15.0 Å². The molecule has 22 heavy (non-hydrogen) atoms. The fraction of sp³-hybridized carbons (Fsp3) is 0.467. The van der Waals surface area contributed by atoms with Gasteiger partial charge in [0.05, 0.1) is 18.0 Å². The number of unbranched alkanes of at least 4 members (excludes halogenated alkanes) is 1. The van der Waals surface area contributed by atoms with Crippen molar-refractivity contribution >= 4 is 34.9 Å². The Morgan fingerprint density at radius 3 is 2.82 bits per heavy atom. The smallest absolute Gasteiger partial charge is 0.318 e. The third-order valence-corrected chi connectivity index (χ3v) is 4.14. The van der Waals surface area contributed by atoms with Crippen LogP contribution >= 0.6 is 22.9 Å². The number of carbonyl (C=O) groups is 2. The van der Waals surface area contributed by atoms with Gasteiger partial charge in [-0.2, -0.15) is 0 Å². The maximum absolute atomic E-state index is 12.1. The molecule has 1 aromatic heterocycles. The molecule has 0 aliphatic carbocycles. The molecule has 0 bridgehead atoms. The molecule has 0 aliphatic rings. The number of carbonyl (C=O) groups excluding carboxylic acids is 2. The van der Waals surface area contributed by atoms with E-state index in [4.69, 9.17) is 11.6 Å². The Bertz CT molecular complexity index is 505. The van der Waals surface area contributed by atoms with E-state index < -0.39 is 0 Å². The van der Waals surface area contributed by atoms with E-state index in [-0.39, 0.29) is 12.0 Å². The van der Waals surface area contributed by atoms with Gasteiger partial charge in [-0.1, -0.05) is 17.7 Å². The lowest BCUT2D eigenvalue weighted by Crippen LogP contribution is -2.39. The van der Waals surface area contributed by atoms with Crippen LogP contribution in [0.3, 0.4) is 0 Å². The van der Waals surface area contributed by atoms with E-state index in [0.717, 1.165) is 11.3 Å². The number of methoxy groups -OCH3 is 1. The Hall–Kier alpha value is -1.53. The van der Waals surface area contributed by atoms with Crippen molar-refractivity contribution in [2.24, 2.45) is 0 Å². The van der Waals surface area contributed by atoms with Gasteiger partial charge in [-0.05, 0) is 25.0 Å². The highest BCUT2D eigenvalue weighted by molar-refractivity contribution is 7.16. The zero-order valence-corrected chi connectivity index (χ0v) is 14.2. The van der Waals surface area contributed by atoms with E-state index in [1.807, 2.05) is 12.1 Å². The summed E-state index contributed by atoms with van der Waals surface area (Å²) >= 11 is 7.35. The number of thiophene rings is 1. The van der Waals surface area contributed by atoms with E-state index in [0.29, 0.717) is 36.8 Å². The first-order chi connectivity index (χ1) is 10.6. The molecule has 0 radical (unpaired) electrons. The maximum atomic E-state index is 12.1. The second kappa shape index (κ2) is 10.2. The zero-order chi connectivity index (χ0) is 16.4. The molecule has 2 amide bonds. The average Bonchev–Trinajstić information content (AvgIpc) is 2.91. The summed E-state index contributed by atoms with van der Waals surface area (Å²) in [4.78, 5) is 25.8. The van der Waals surface area contributed by atoms with Crippen LogP contribution in [0.5, 0.6) is 0 Å². The molecular weight excluding hydrogens is 324 g/mol. The molecule has 0 saturated heterocycles. The van der Waals surface area contributed by atoms with Gasteiger partial charge in [0, 0.05) is 24.4 Å². The van der Waals surface area contributed by atoms with Gasteiger partial charge in [-0.3, -0.25) is 4.79 Å². The molecule has 1 rings (SSSR count). The summed E-state index contributed by atoms with van der Waals surface area (Å²) < 4.78 is 5.27. The quantitative estimate of drug-likeness (QED) is 0.424. The van der Waals surface area contributed by atoms with Gasteiger partial charge in [-0.15, -0.1) is 17.9 Å². The molecule has 0 unspecified atom stereocenters. The van der Waals surface area contributed by atoms with Crippen LogP contribution < -0.4 is 5.32 Å². The molecule has 0 saturated carbocycles. The number of rotatable bonds is 9. The zero-order valence-electron chi connectivity index (χ0n) is 12.6. The minimum atomic E-state index is -0.228. The fourth-order valence-corrected chi connectivity index (χ4v) is 2.91. The van der Waals surface area contributed by atoms with Gasteiger partial charge in [0.2, 0.25) is 0 Å². The predicted octanol–water partition coefficient (Wildman–Crippen LogP) is 3.44. The van der Waals surface area contributed by atoms with E-state index in [1.165, 1.54) is 18.4 Å². The van der Waals surface area contributed by atoms with Crippen LogP contribution in [0.2, 0.25) is 4.34 Å². The van der Waals surface area contributed by atoms with Crippen molar-refractivity contribution in [1.29, 1.82) is 0 Å². The summed E-state index contributed by atoms with van der Waals surface area (Å²) in [6, 6.07) is 3.58. The van der Waals surface area contributed by atoms with Crippen LogP contribution in [0.15, 0.2) is 24.8 Å². The minimum absolute atomic E-state index is 0.150. The fourth-order valence-electron chi connectivity index (χ4n) is 1.80. The summed E-state index contributed by atoms with van der Waals surface area (Å²) in [7, 11) is 1.37. The van der Waals surface area contributed by atoms with Crippen molar-refractivity contribution in [3.63, 3.8) is 0 Å². The lowest BCUT2D eigenvalue weighted by molar-refractivity contribution is -0.140. The number of hydrogen-bond acceptors (Lipinski definition) is 4. The Balaban J connectivity index is 2.35. The SMILES string of the molecule is C=CCN(Cc1ccc(Cl)s1)C(=O)NCCCCC(=O)OC. The van der Waals surface area contributed by atoms with Crippen LogP contribution in [-0.4, -0.2) is 37.1 Å². The Morgan fingerprint density at radius 2 is 2.23 bits per heavy atom. The number of urea groups is 1. The lowest BCUT2D eigenvalue weighted by Gasteiger charge is -2.21. The molecule has 0 atom stereocenters. The molecule has 122 valence electrons. The largest absolute Gasteiger partial charge is 0.469 e. The maximum Gasteiger partial charge on any atom is 0.318 e. The highest BCUT2D eigenvalue weighted by atomic mass is 35.5. The molecule has 1 heterocycles. The first-order valence-electron chi connectivity index (χ1n) is 7.01. The van der Waals surface area contributed by atoms with Crippen molar-refractivity contribution in [3.8, 4) is 0 Å². The van der Waals surface area contributed by atoms with Crippen LogP contribution in [-0.2, 0) is 16.1 Å².